The second kappa shape index (κ2) is 4.38. The fourth-order valence-electron chi connectivity index (χ4n) is 1.34. The number of hydrogen-bond acceptors (Lipinski definition) is 1. The van der Waals surface area contributed by atoms with Crippen molar-refractivity contribution in [2.24, 2.45) is 11.1 Å². The first-order valence-corrected chi connectivity index (χ1v) is 4.68. The first-order valence-electron chi connectivity index (χ1n) is 4.68. The Kier molecular flexibility index (Phi) is 3.42. The molecule has 1 rings (SSSR count). The maximum atomic E-state index is 12.9. The Balaban J connectivity index is 2.82. The van der Waals surface area contributed by atoms with Crippen LogP contribution < -0.4 is 5.73 Å². The highest BCUT2D eigenvalue weighted by molar-refractivity contribution is 5.19. The highest BCUT2D eigenvalue weighted by atomic mass is 19.1. The normalized spacial score (nSPS) is 14.8. The van der Waals surface area contributed by atoms with Gasteiger partial charge >= 0.3 is 0 Å². The van der Waals surface area contributed by atoms with Crippen molar-refractivity contribution in [3.8, 4) is 0 Å². The number of nitrogens with two attached hydrogens (primary N) is 1. The largest absolute Gasteiger partial charge is 0.330 e. The third kappa shape index (κ3) is 2.67. The lowest BCUT2D eigenvalue weighted by Gasteiger charge is -2.23. The summed E-state index contributed by atoms with van der Waals surface area (Å²) < 4.78 is 12.9. The van der Waals surface area contributed by atoms with Gasteiger partial charge in [-0.15, -0.1) is 6.58 Å². The zero-order valence-corrected chi connectivity index (χ0v) is 8.46. The molecule has 0 radical (unpaired) electrons. The van der Waals surface area contributed by atoms with E-state index in [0.717, 1.165) is 12.0 Å². The van der Waals surface area contributed by atoms with Crippen LogP contribution in [0.5, 0.6) is 0 Å². The molecule has 1 atom stereocenters. The van der Waals surface area contributed by atoms with Crippen molar-refractivity contribution in [1.29, 1.82) is 0 Å². The molecule has 0 saturated heterocycles. The first-order chi connectivity index (χ1) is 6.59. The molecule has 0 aliphatic rings. The van der Waals surface area contributed by atoms with Gasteiger partial charge in [0.05, 0.1) is 0 Å². The molecule has 0 aliphatic carbocycles. The highest BCUT2D eigenvalue weighted by Crippen LogP contribution is 2.22. The molecule has 2 heteroatoms. The molecular formula is C12H16FN. The minimum absolute atomic E-state index is 0.145. The van der Waals surface area contributed by atoms with Crippen LogP contribution in [0, 0.1) is 11.2 Å². The van der Waals surface area contributed by atoms with Gasteiger partial charge < -0.3 is 5.73 Å². The summed E-state index contributed by atoms with van der Waals surface area (Å²) in [6, 6.07) is 6.60. The number of halogens is 1. The SMILES string of the molecule is C=CC(C)(CN)Cc1cccc(F)c1. The summed E-state index contributed by atoms with van der Waals surface area (Å²) in [5, 5.41) is 0. The van der Waals surface area contributed by atoms with Gasteiger partial charge in [0.2, 0.25) is 0 Å². The van der Waals surface area contributed by atoms with E-state index in [0.29, 0.717) is 6.54 Å². The summed E-state index contributed by atoms with van der Waals surface area (Å²) in [7, 11) is 0. The Morgan fingerprint density at radius 2 is 2.29 bits per heavy atom. The summed E-state index contributed by atoms with van der Waals surface area (Å²) in [5.41, 5.74) is 6.45. The first kappa shape index (κ1) is 10.9. The van der Waals surface area contributed by atoms with Gasteiger partial charge in [-0.1, -0.05) is 25.1 Å². The molecule has 0 heterocycles. The van der Waals surface area contributed by atoms with Gasteiger partial charge in [0, 0.05) is 12.0 Å². The minimum atomic E-state index is -0.203. The van der Waals surface area contributed by atoms with Crippen LogP contribution >= 0.6 is 0 Å². The van der Waals surface area contributed by atoms with Crippen LogP contribution in [-0.4, -0.2) is 6.54 Å². The quantitative estimate of drug-likeness (QED) is 0.730. The second-order valence-corrected chi connectivity index (χ2v) is 3.87. The van der Waals surface area contributed by atoms with E-state index in [1.807, 2.05) is 19.1 Å². The van der Waals surface area contributed by atoms with Gasteiger partial charge in [-0.2, -0.15) is 0 Å². The fourth-order valence-corrected chi connectivity index (χ4v) is 1.34. The molecule has 0 bridgehead atoms. The average molecular weight is 193 g/mol. The van der Waals surface area contributed by atoms with Crippen LogP contribution in [0.3, 0.4) is 0 Å². The summed E-state index contributed by atoms with van der Waals surface area (Å²) in [4.78, 5) is 0. The van der Waals surface area contributed by atoms with E-state index in [4.69, 9.17) is 5.73 Å². The van der Waals surface area contributed by atoms with Gasteiger partial charge in [-0.05, 0) is 24.1 Å². The Hall–Kier alpha value is -1.15. The average Bonchev–Trinajstić information content (AvgIpc) is 2.18. The van der Waals surface area contributed by atoms with E-state index in [2.05, 4.69) is 6.58 Å². The number of hydrogen-bond donors (Lipinski definition) is 1. The Labute approximate surface area is 84.4 Å². The predicted octanol–water partition coefficient (Wildman–Crippen LogP) is 2.52. The molecule has 14 heavy (non-hydrogen) atoms. The molecule has 0 amide bonds. The molecular weight excluding hydrogens is 177 g/mol. The van der Waals surface area contributed by atoms with Crippen LogP contribution in [0.25, 0.3) is 0 Å². The molecule has 0 spiro atoms. The van der Waals surface area contributed by atoms with Crippen molar-refractivity contribution >= 4 is 0 Å². The lowest BCUT2D eigenvalue weighted by Crippen LogP contribution is -2.27. The van der Waals surface area contributed by atoms with Crippen LogP contribution in [-0.2, 0) is 6.42 Å². The molecule has 0 saturated carbocycles. The van der Waals surface area contributed by atoms with Gasteiger partial charge in [-0.3, -0.25) is 0 Å². The third-order valence-electron chi connectivity index (χ3n) is 2.46. The number of benzene rings is 1. The zero-order valence-electron chi connectivity index (χ0n) is 8.46. The van der Waals surface area contributed by atoms with E-state index >= 15 is 0 Å². The Morgan fingerprint density at radius 1 is 1.57 bits per heavy atom. The lowest BCUT2D eigenvalue weighted by atomic mass is 9.84. The summed E-state index contributed by atoms with van der Waals surface area (Å²) >= 11 is 0. The highest BCUT2D eigenvalue weighted by Gasteiger charge is 2.18. The predicted molar refractivity (Wildman–Crippen MR) is 57.5 cm³/mol. The van der Waals surface area contributed by atoms with Crippen molar-refractivity contribution in [2.75, 3.05) is 6.54 Å². The summed E-state index contributed by atoms with van der Waals surface area (Å²) in [6.45, 7) is 6.29. The Bertz CT molecular complexity index is 322. The lowest BCUT2D eigenvalue weighted by molar-refractivity contribution is 0.438. The van der Waals surface area contributed by atoms with Gasteiger partial charge in [0.1, 0.15) is 5.82 Å². The molecule has 0 fully saturated rings. The topological polar surface area (TPSA) is 26.0 Å². The standard InChI is InChI=1S/C12H16FN/c1-3-12(2,9-14)8-10-5-4-6-11(13)7-10/h3-7H,1,8-9,14H2,2H3. The minimum Gasteiger partial charge on any atom is -0.330 e. The van der Waals surface area contributed by atoms with Crippen molar-refractivity contribution < 1.29 is 4.39 Å². The summed E-state index contributed by atoms with van der Waals surface area (Å²) in [5.74, 6) is -0.203. The van der Waals surface area contributed by atoms with Crippen LogP contribution in [0.1, 0.15) is 12.5 Å². The molecule has 0 aliphatic heterocycles. The molecule has 0 aromatic heterocycles. The summed E-state index contributed by atoms with van der Waals surface area (Å²) in [6.07, 6.45) is 2.56. The molecule has 1 unspecified atom stereocenters. The van der Waals surface area contributed by atoms with E-state index < -0.39 is 0 Å². The van der Waals surface area contributed by atoms with Gasteiger partial charge in [-0.25, -0.2) is 4.39 Å². The molecule has 1 nitrogen and oxygen atoms in total. The van der Waals surface area contributed by atoms with E-state index in [9.17, 15) is 4.39 Å². The maximum Gasteiger partial charge on any atom is 0.123 e. The van der Waals surface area contributed by atoms with Crippen LogP contribution in [0.2, 0.25) is 0 Å². The second-order valence-electron chi connectivity index (χ2n) is 3.87. The van der Waals surface area contributed by atoms with Crippen molar-refractivity contribution in [1.82, 2.24) is 0 Å². The Morgan fingerprint density at radius 3 is 2.79 bits per heavy atom. The third-order valence-corrected chi connectivity index (χ3v) is 2.46. The van der Waals surface area contributed by atoms with Gasteiger partial charge in [0.25, 0.3) is 0 Å². The van der Waals surface area contributed by atoms with Gasteiger partial charge in [0.15, 0.2) is 0 Å². The monoisotopic (exact) mass is 193 g/mol. The molecule has 1 aromatic carbocycles. The smallest absolute Gasteiger partial charge is 0.123 e. The van der Waals surface area contributed by atoms with E-state index in [1.165, 1.54) is 12.1 Å². The molecule has 1 aromatic rings. The fraction of sp³-hybridized carbons (Fsp3) is 0.333. The molecule has 2 N–H and O–H groups in total. The maximum absolute atomic E-state index is 12.9. The van der Waals surface area contributed by atoms with Crippen molar-refractivity contribution in [2.45, 2.75) is 13.3 Å². The molecule has 76 valence electrons. The van der Waals surface area contributed by atoms with Crippen molar-refractivity contribution in [3.05, 3.63) is 48.3 Å². The van der Waals surface area contributed by atoms with E-state index in [-0.39, 0.29) is 11.2 Å². The van der Waals surface area contributed by atoms with E-state index in [1.54, 1.807) is 6.07 Å². The number of rotatable bonds is 4. The van der Waals surface area contributed by atoms with Crippen molar-refractivity contribution in [3.63, 3.8) is 0 Å². The van der Waals surface area contributed by atoms with Crippen LogP contribution in [0.15, 0.2) is 36.9 Å². The van der Waals surface area contributed by atoms with Crippen LogP contribution in [0.4, 0.5) is 4.39 Å². The zero-order chi connectivity index (χ0) is 10.6.